The zero-order valence-electron chi connectivity index (χ0n) is 15.7. The van der Waals surface area contributed by atoms with Gasteiger partial charge in [0.15, 0.2) is 0 Å². The molecule has 0 aliphatic carbocycles. The molecule has 28 heavy (non-hydrogen) atoms. The average molecular weight is 398 g/mol. The Labute approximate surface area is 164 Å². The van der Waals surface area contributed by atoms with Gasteiger partial charge in [0, 0.05) is 31.4 Å². The van der Waals surface area contributed by atoms with E-state index in [1.165, 1.54) is 16.8 Å². The fraction of sp³-hybridized carbons (Fsp3) is 0.381. The van der Waals surface area contributed by atoms with Crippen LogP contribution in [0.5, 0.6) is 5.75 Å². The molecule has 2 aliphatic heterocycles. The fourth-order valence-corrected chi connectivity index (χ4v) is 5.58. The van der Waals surface area contributed by atoms with Crippen molar-refractivity contribution >= 4 is 21.1 Å². The van der Waals surface area contributed by atoms with Crippen molar-refractivity contribution in [3.63, 3.8) is 0 Å². The molecule has 0 unspecified atom stereocenters. The Kier molecular flexibility index (Phi) is 4.36. The maximum Gasteiger partial charge on any atom is 0.268 e. The molecular formula is C21H23N3O3S. The molecule has 0 atom stereocenters. The van der Waals surface area contributed by atoms with Crippen LogP contribution in [-0.4, -0.2) is 48.5 Å². The van der Waals surface area contributed by atoms with Gasteiger partial charge in [0.25, 0.3) is 10.0 Å². The summed E-state index contributed by atoms with van der Waals surface area (Å²) in [4.78, 5) is 7.16. The Bertz CT molecular complexity index is 1130. The lowest BCUT2D eigenvalue weighted by molar-refractivity contribution is 0.344. The molecular weight excluding hydrogens is 374 g/mol. The monoisotopic (exact) mass is 397 g/mol. The standard InChI is InChI=1S/C21H23N3O3S/c25-28(26,18-6-5-16-8-13-27-20(16)14-18)24-15-17(7-12-23-10-1-2-11-23)21-19(24)4-3-9-22-21/h3-6,9,14-15H,1-2,7-8,10-13H2. The smallest absolute Gasteiger partial charge is 0.268 e. The van der Waals surface area contributed by atoms with Gasteiger partial charge in [0.2, 0.25) is 0 Å². The quantitative estimate of drug-likeness (QED) is 0.662. The normalized spacial score (nSPS) is 17.1. The summed E-state index contributed by atoms with van der Waals surface area (Å²) >= 11 is 0. The molecule has 1 aromatic carbocycles. The van der Waals surface area contributed by atoms with Crippen LogP contribution >= 0.6 is 0 Å². The zero-order valence-corrected chi connectivity index (χ0v) is 16.5. The van der Waals surface area contributed by atoms with E-state index >= 15 is 0 Å². The van der Waals surface area contributed by atoms with Crippen LogP contribution in [0.3, 0.4) is 0 Å². The summed E-state index contributed by atoms with van der Waals surface area (Å²) < 4.78 is 33.7. The summed E-state index contributed by atoms with van der Waals surface area (Å²) in [6.07, 6.45) is 7.58. The molecule has 4 heterocycles. The van der Waals surface area contributed by atoms with Crippen molar-refractivity contribution in [1.29, 1.82) is 0 Å². The number of rotatable bonds is 5. The average Bonchev–Trinajstić information content (AvgIpc) is 3.45. The molecule has 6 nitrogen and oxygen atoms in total. The Morgan fingerprint density at radius 1 is 1.14 bits per heavy atom. The van der Waals surface area contributed by atoms with Crippen molar-refractivity contribution < 1.29 is 13.2 Å². The summed E-state index contributed by atoms with van der Waals surface area (Å²) in [6, 6.07) is 8.78. The van der Waals surface area contributed by atoms with E-state index in [2.05, 4.69) is 9.88 Å². The number of fused-ring (bicyclic) bond motifs is 2. The minimum Gasteiger partial charge on any atom is -0.493 e. The second-order valence-electron chi connectivity index (χ2n) is 7.49. The maximum atomic E-state index is 13.4. The van der Waals surface area contributed by atoms with Crippen LogP contribution in [0, 0.1) is 0 Å². The Morgan fingerprint density at radius 2 is 2.00 bits per heavy atom. The molecule has 2 aliphatic rings. The molecule has 2 aromatic heterocycles. The molecule has 0 bridgehead atoms. The lowest BCUT2D eigenvalue weighted by Gasteiger charge is -2.13. The third-order valence-corrected chi connectivity index (χ3v) is 7.39. The van der Waals surface area contributed by atoms with Gasteiger partial charge in [0.1, 0.15) is 5.75 Å². The molecule has 146 valence electrons. The maximum absolute atomic E-state index is 13.4. The number of aromatic nitrogens is 2. The Morgan fingerprint density at radius 3 is 2.86 bits per heavy atom. The van der Waals surface area contributed by atoms with E-state index in [4.69, 9.17) is 4.74 Å². The first kappa shape index (κ1) is 17.7. The molecule has 0 saturated carbocycles. The Balaban J connectivity index is 1.54. The number of likely N-dealkylation sites (tertiary alicyclic amines) is 1. The van der Waals surface area contributed by atoms with E-state index in [1.807, 2.05) is 12.1 Å². The van der Waals surface area contributed by atoms with Crippen LogP contribution in [0.4, 0.5) is 0 Å². The summed E-state index contributed by atoms with van der Waals surface area (Å²) in [6.45, 7) is 3.79. The van der Waals surface area contributed by atoms with E-state index in [0.717, 1.165) is 49.1 Å². The van der Waals surface area contributed by atoms with Gasteiger partial charge in [-0.05, 0) is 61.7 Å². The first-order valence-electron chi connectivity index (χ1n) is 9.81. The van der Waals surface area contributed by atoms with Gasteiger partial charge >= 0.3 is 0 Å². The lowest BCUT2D eigenvalue weighted by atomic mass is 10.2. The minimum atomic E-state index is -3.72. The van der Waals surface area contributed by atoms with E-state index in [0.29, 0.717) is 17.9 Å². The largest absolute Gasteiger partial charge is 0.493 e. The molecule has 0 spiro atoms. The molecule has 1 fully saturated rings. The van der Waals surface area contributed by atoms with Gasteiger partial charge in [-0.15, -0.1) is 0 Å². The van der Waals surface area contributed by atoms with Crippen molar-refractivity contribution in [1.82, 2.24) is 13.9 Å². The molecule has 7 heteroatoms. The van der Waals surface area contributed by atoms with Gasteiger partial charge < -0.3 is 9.64 Å². The second kappa shape index (κ2) is 6.90. The molecule has 0 amide bonds. The van der Waals surface area contributed by atoms with E-state index in [-0.39, 0.29) is 4.90 Å². The number of hydrogen-bond donors (Lipinski definition) is 0. The van der Waals surface area contributed by atoms with Gasteiger partial charge in [-0.2, -0.15) is 0 Å². The van der Waals surface area contributed by atoms with Crippen molar-refractivity contribution in [2.75, 3.05) is 26.2 Å². The highest BCUT2D eigenvalue weighted by atomic mass is 32.2. The van der Waals surface area contributed by atoms with Gasteiger partial charge in [-0.25, -0.2) is 12.4 Å². The Hall–Kier alpha value is -2.38. The van der Waals surface area contributed by atoms with Crippen molar-refractivity contribution in [3.05, 3.63) is 53.9 Å². The first-order chi connectivity index (χ1) is 13.6. The number of pyridine rings is 1. The van der Waals surface area contributed by atoms with Crippen LogP contribution in [0.2, 0.25) is 0 Å². The summed E-state index contributed by atoms with van der Waals surface area (Å²) in [5.41, 5.74) is 3.43. The molecule has 1 saturated heterocycles. The number of ether oxygens (including phenoxy) is 1. The summed E-state index contributed by atoms with van der Waals surface area (Å²) in [7, 11) is -3.72. The van der Waals surface area contributed by atoms with Gasteiger partial charge in [0.05, 0.1) is 22.5 Å². The van der Waals surface area contributed by atoms with E-state index < -0.39 is 10.0 Å². The molecule has 3 aromatic rings. The van der Waals surface area contributed by atoms with E-state index in [9.17, 15) is 8.42 Å². The SMILES string of the molecule is O=S(=O)(c1ccc2c(c1)OCC2)n1cc(CCN2CCCC2)c2ncccc21. The van der Waals surface area contributed by atoms with Crippen molar-refractivity contribution in [3.8, 4) is 5.75 Å². The predicted molar refractivity (Wildman–Crippen MR) is 107 cm³/mol. The predicted octanol–water partition coefficient (Wildman–Crippen LogP) is 2.85. The third kappa shape index (κ3) is 2.99. The van der Waals surface area contributed by atoms with Gasteiger partial charge in [-0.3, -0.25) is 4.98 Å². The highest BCUT2D eigenvalue weighted by Gasteiger charge is 2.24. The van der Waals surface area contributed by atoms with Crippen LogP contribution in [0.15, 0.2) is 47.6 Å². The number of nitrogens with zero attached hydrogens (tertiary/aromatic N) is 3. The fourth-order valence-electron chi connectivity index (χ4n) is 4.18. The minimum absolute atomic E-state index is 0.250. The second-order valence-corrected chi connectivity index (χ2v) is 9.31. The third-order valence-electron chi connectivity index (χ3n) is 5.72. The van der Waals surface area contributed by atoms with E-state index in [1.54, 1.807) is 30.6 Å². The van der Waals surface area contributed by atoms with Crippen LogP contribution in [0.25, 0.3) is 11.0 Å². The van der Waals surface area contributed by atoms with Crippen molar-refractivity contribution in [2.45, 2.75) is 30.6 Å². The first-order valence-corrected chi connectivity index (χ1v) is 11.3. The highest BCUT2D eigenvalue weighted by Crippen LogP contribution is 2.31. The molecule has 0 N–H and O–H groups in total. The van der Waals surface area contributed by atoms with Gasteiger partial charge in [-0.1, -0.05) is 6.07 Å². The summed E-state index contributed by atoms with van der Waals surface area (Å²) in [5, 5.41) is 0. The lowest BCUT2D eigenvalue weighted by Crippen LogP contribution is -2.21. The molecule has 0 radical (unpaired) electrons. The number of hydrogen-bond acceptors (Lipinski definition) is 5. The van der Waals surface area contributed by atoms with Crippen LogP contribution < -0.4 is 4.74 Å². The highest BCUT2D eigenvalue weighted by molar-refractivity contribution is 7.90. The summed E-state index contributed by atoms with van der Waals surface area (Å²) in [5.74, 6) is 0.671. The van der Waals surface area contributed by atoms with Crippen molar-refractivity contribution in [2.24, 2.45) is 0 Å². The molecule has 5 rings (SSSR count). The number of benzene rings is 1. The topological polar surface area (TPSA) is 64.4 Å². The zero-order chi connectivity index (χ0) is 19.1. The van der Waals surface area contributed by atoms with Crippen LogP contribution in [0.1, 0.15) is 24.0 Å². The van der Waals surface area contributed by atoms with Crippen LogP contribution in [-0.2, 0) is 22.9 Å².